The standard InChI is InChI=1S/C13H17NS/c1-9-7-5-6-8-13(9)14-10(2)11(3)15-12(14)4/h5-8,12H,1-4H3/i4D3. The molecule has 1 aromatic rings. The molecule has 0 spiro atoms. The van der Waals surface area contributed by atoms with E-state index in [1.807, 2.05) is 49.9 Å². The third kappa shape index (κ3) is 1.78. The Bertz CT molecular complexity index is 493. The number of anilines is 1. The Labute approximate surface area is 100 Å². The molecular weight excluding hydrogens is 202 g/mol. The van der Waals surface area contributed by atoms with Gasteiger partial charge >= 0.3 is 0 Å². The normalized spacial score (nSPS) is 25.1. The number of rotatable bonds is 1. The average Bonchev–Trinajstić information content (AvgIpc) is 2.57. The zero-order valence-corrected chi connectivity index (χ0v) is 10.1. The van der Waals surface area contributed by atoms with Crippen LogP contribution in [0.1, 0.15) is 30.4 Å². The van der Waals surface area contributed by atoms with Crippen LogP contribution in [0.3, 0.4) is 0 Å². The first kappa shape index (κ1) is 7.39. The number of hydrogen-bond donors (Lipinski definition) is 0. The smallest absolute Gasteiger partial charge is 0.0812 e. The van der Waals surface area contributed by atoms with Crippen LogP contribution < -0.4 is 4.90 Å². The first-order valence-corrected chi connectivity index (χ1v) is 5.89. The fraction of sp³-hybridized carbons (Fsp3) is 0.385. The number of benzene rings is 1. The van der Waals surface area contributed by atoms with E-state index in [4.69, 9.17) is 4.11 Å². The lowest BCUT2D eigenvalue weighted by Crippen LogP contribution is -2.25. The highest BCUT2D eigenvalue weighted by molar-refractivity contribution is 8.04. The van der Waals surface area contributed by atoms with Crippen LogP contribution in [0.5, 0.6) is 0 Å². The van der Waals surface area contributed by atoms with Gasteiger partial charge in [-0.15, -0.1) is 11.8 Å². The number of allylic oxidation sites excluding steroid dienone is 2. The third-order valence-electron chi connectivity index (χ3n) is 2.77. The SMILES string of the molecule is [2H]C([2H])([2H])C1SC(C)=C(C)N1c1ccccc1C. The van der Waals surface area contributed by atoms with Crippen LogP contribution in [0.2, 0.25) is 0 Å². The molecule has 1 heterocycles. The van der Waals surface area contributed by atoms with Crippen LogP contribution in [-0.4, -0.2) is 5.37 Å². The van der Waals surface area contributed by atoms with E-state index in [1.54, 1.807) is 0 Å². The molecule has 1 nitrogen and oxygen atoms in total. The first-order valence-electron chi connectivity index (χ1n) is 6.51. The Balaban J connectivity index is 2.48. The number of thioether (sulfide) groups is 1. The molecule has 0 fully saturated rings. The molecule has 0 saturated heterocycles. The summed E-state index contributed by atoms with van der Waals surface area (Å²) in [4.78, 5) is 3.03. The summed E-state index contributed by atoms with van der Waals surface area (Å²) in [6, 6.07) is 7.91. The van der Waals surface area contributed by atoms with Crippen LogP contribution in [-0.2, 0) is 0 Å². The molecule has 1 atom stereocenters. The first-order chi connectivity index (χ1) is 8.32. The lowest BCUT2D eigenvalue weighted by molar-refractivity contribution is 0.912. The van der Waals surface area contributed by atoms with Crippen molar-refractivity contribution >= 4 is 17.4 Å². The van der Waals surface area contributed by atoms with Crippen LogP contribution >= 0.6 is 11.8 Å². The van der Waals surface area contributed by atoms with Crippen molar-refractivity contribution in [2.75, 3.05) is 4.90 Å². The summed E-state index contributed by atoms with van der Waals surface area (Å²) >= 11 is 1.44. The predicted molar refractivity (Wildman–Crippen MR) is 69.1 cm³/mol. The van der Waals surface area contributed by atoms with Crippen LogP contribution in [0, 0.1) is 6.92 Å². The van der Waals surface area contributed by atoms with Gasteiger partial charge in [0.25, 0.3) is 0 Å². The molecule has 1 unspecified atom stereocenters. The van der Waals surface area contributed by atoms with Gasteiger partial charge < -0.3 is 4.90 Å². The summed E-state index contributed by atoms with van der Waals surface area (Å²) in [5, 5.41) is -0.515. The average molecular weight is 222 g/mol. The van der Waals surface area contributed by atoms with E-state index >= 15 is 0 Å². The Morgan fingerprint density at radius 3 is 2.67 bits per heavy atom. The Morgan fingerprint density at radius 1 is 1.27 bits per heavy atom. The van der Waals surface area contributed by atoms with Crippen molar-refractivity contribution in [1.29, 1.82) is 0 Å². The molecule has 1 aromatic carbocycles. The molecule has 1 aliphatic heterocycles. The minimum Gasteiger partial charge on any atom is -0.332 e. The number of nitrogens with zero attached hydrogens (tertiary/aromatic N) is 1. The van der Waals surface area contributed by atoms with Crippen molar-refractivity contribution in [3.05, 3.63) is 40.4 Å². The predicted octanol–water partition coefficient (Wildman–Crippen LogP) is 4.15. The van der Waals surface area contributed by atoms with Crippen molar-refractivity contribution in [3.63, 3.8) is 0 Å². The molecule has 15 heavy (non-hydrogen) atoms. The molecule has 0 aromatic heterocycles. The van der Waals surface area contributed by atoms with Gasteiger partial charge in [0.2, 0.25) is 0 Å². The van der Waals surface area contributed by atoms with Gasteiger partial charge in [-0.3, -0.25) is 0 Å². The van der Waals surface area contributed by atoms with Crippen molar-refractivity contribution in [3.8, 4) is 0 Å². The fourth-order valence-electron chi connectivity index (χ4n) is 1.79. The van der Waals surface area contributed by atoms with E-state index in [-0.39, 0.29) is 0 Å². The van der Waals surface area contributed by atoms with Crippen LogP contribution in [0.15, 0.2) is 34.9 Å². The monoisotopic (exact) mass is 222 g/mol. The van der Waals surface area contributed by atoms with E-state index in [0.29, 0.717) is 0 Å². The molecule has 0 saturated carbocycles. The quantitative estimate of drug-likeness (QED) is 0.702. The molecule has 1 aliphatic rings. The van der Waals surface area contributed by atoms with Gasteiger partial charge in [0.15, 0.2) is 0 Å². The maximum Gasteiger partial charge on any atom is 0.0812 e. The van der Waals surface area contributed by atoms with Gasteiger partial charge in [-0.2, -0.15) is 0 Å². The largest absolute Gasteiger partial charge is 0.332 e. The minimum atomic E-state index is -1.99. The zero-order chi connectivity index (χ0) is 13.5. The number of hydrogen-bond acceptors (Lipinski definition) is 2. The summed E-state index contributed by atoms with van der Waals surface area (Å²) in [7, 11) is 0. The minimum absolute atomic E-state index is 0.515. The van der Waals surface area contributed by atoms with Gasteiger partial charge in [-0.25, -0.2) is 0 Å². The second-order valence-electron chi connectivity index (χ2n) is 3.77. The van der Waals surface area contributed by atoms with E-state index in [0.717, 1.165) is 21.9 Å². The third-order valence-corrected chi connectivity index (χ3v) is 3.85. The van der Waals surface area contributed by atoms with Gasteiger partial charge in [-0.1, -0.05) is 18.2 Å². The molecule has 2 heteroatoms. The highest BCUT2D eigenvalue weighted by Crippen LogP contribution is 2.41. The van der Waals surface area contributed by atoms with Crippen molar-refractivity contribution < 1.29 is 4.11 Å². The molecule has 0 radical (unpaired) electrons. The van der Waals surface area contributed by atoms with Gasteiger partial charge in [0.05, 0.1) is 5.37 Å². The fourth-order valence-corrected chi connectivity index (χ4v) is 2.77. The number of para-hydroxylation sites is 1. The number of aryl methyl sites for hydroxylation is 1. The molecular formula is C13H17NS. The molecule has 0 N–H and O–H groups in total. The maximum atomic E-state index is 7.70. The maximum absolute atomic E-state index is 7.70. The lowest BCUT2D eigenvalue weighted by atomic mass is 10.1. The van der Waals surface area contributed by atoms with E-state index in [1.165, 1.54) is 11.8 Å². The van der Waals surface area contributed by atoms with Crippen molar-refractivity contribution in [2.24, 2.45) is 0 Å². The molecule has 0 bridgehead atoms. The van der Waals surface area contributed by atoms with Crippen molar-refractivity contribution in [2.45, 2.75) is 33.0 Å². The van der Waals surface area contributed by atoms with E-state index in [9.17, 15) is 0 Å². The summed E-state index contributed by atoms with van der Waals surface area (Å²) in [6.45, 7) is 3.99. The van der Waals surface area contributed by atoms with Crippen molar-refractivity contribution in [1.82, 2.24) is 0 Å². The zero-order valence-electron chi connectivity index (χ0n) is 12.2. The molecule has 0 amide bonds. The summed E-state index contributed by atoms with van der Waals surface area (Å²) in [6.07, 6.45) is 0. The van der Waals surface area contributed by atoms with E-state index in [2.05, 4.69) is 0 Å². The van der Waals surface area contributed by atoms with Crippen LogP contribution in [0.25, 0.3) is 0 Å². The summed E-state index contributed by atoms with van der Waals surface area (Å²) in [5.41, 5.74) is 3.12. The Morgan fingerprint density at radius 2 is 2.00 bits per heavy atom. The molecule has 2 rings (SSSR count). The van der Waals surface area contributed by atoms with E-state index < -0.39 is 12.2 Å². The van der Waals surface area contributed by atoms with Gasteiger partial charge in [0.1, 0.15) is 0 Å². The highest BCUT2D eigenvalue weighted by atomic mass is 32.2. The summed E-state index contributed by atoms with van der Waals surface area (Å²) in [5.74, 6) is 0. The lowest BCUT2D eigenvalue weighted by Gasteiger charge is -2.26. The van der Waals surface area contributed by atoms with Gasteiger partial charge in [0, 0.05) is 20.4 Å². The Hall–Kier alpha value is -0.890. The van der Waals surface area contributed by atoms with Gasteiger partial charge in [-0.05, 0) is 39.3 Å². The second-order valence-corrected chi connectivity index (χ2v) is 5.06. The highest BCUT2D eigenvalue weighted by Gasteiger charge is 2.26. The second kappa shape index (κ2) is 3.93. The Kier molecular flexibility index (Phi) is 1.94. The van der Waals surface area contributed by atoms with Crippen LogP contribution in [0.4, 0.5) is 5.69 Å². The molecule has 80 valence electrons. The molecule has 0 aliphatic carbocycles. The topological polar surface area (TPSA) is 3.24 Å². The summed E-state index contributed by atoms with van der Waals surface area (Å²) < 4.78 is 23.1.